The fourth-order valence-electron chi connectivity index (χ4n) is 2.34. The number of carbonyl (C=O) groups excluding carboxylic acids is 1. The normalized spacial score (nSPS) is 16.1. The zero-order chi connectivity index (χ0) is 14.4. The molecule has 1 saturated heterocycles. The molecule has 1 aromatic rings. The number of rotatable bonds is 5. The Bertz CT molecular complexity index is 455. The Morgan fingerprint density at radius 3 is 2.85 bits per heavy atom. The molecule has 5 heteroatoms. The van der Waals surface area contributed by atoms with Crippen molar-refractivity contribution in [1.29, 1.82) is 0 Å². The second-order valence-corrected chi connectivity index (χ2v) is 4.94. The van der Waals surface area contributed by atoms with Crippen LogP contribution < -0.4 is 5.73 Å². The Kier molecular flexibility index (Phi) is 5.38. The highest BCUT2D eigenvalue weighted by Gasteiger charge is 2.17. The van der Waals surface area contributed by atoms with E-state index in [-0.39, 0.29) is 0 Å². The van der Waals surface area contributed by atoms with Gasteiger partial charge in [0.25, 0.3) is 0 Å². The second kappa shape index (κ2) is 7.26. The standard InChI is InChI=1S/C15H21NO4/c1-18-15(17)14-12(3-2-4-13(14)16)10-20-9-11-5-7-19-8-6-11/h2-4,11H,5-10,16H2,1H3. The first kappa shape index (κ1) is 14.8. The highest BCUT2D eigenvalue weighted by atomic mass is 16.5. The van der Waals surface area contributed by atoms with Crippen molar-refractivity contribution in [3.05, 3.63) is 29.3 Å². The van der Waals surface area contributed by atoms with Crippen LogP contribution in [0.4, 0.5) is 5.69 Å². The Balaban J connectivity index is 1.95. The molecule has 0 bridgehead atoms. The van der Waals surface area contributed by atoms with Gasteiger partial charge in [-0.25, -0.2) is 4.79 Å². The number of hydrogen-bond acceptors (Lipinski definition) is 5. The quantitative estimate of drug-likeness (QED) is 0.659. The maximum Gasteiger partial charge on any atom is 0.340 e. The first-order valence-electron chi connectivity index (χ1n) is 6.83. The molecule has 5 nitrogen and oxygen atoms in total. The van der Waals surface area contributed by atoms with Crippen molar-refractivity contribution in [2.45, 2.75) is 19.4 Å². The van der Waals surface area contributed by atoms with Gasteiger partial charge in [0.2, 0.25) is 0 Å². The van der Waals surface area contributed by atoms with E-state index in [1.54, 1.807) is 6.07 Å². The molecule has 1 aliphatic rings. The smallest absolute Gasteiger partial charge is 0.340 e. The SMILES string of the molecule is COC(=O)c1c(N)cccc1COCC1CCOCC1. The first-order valence-corrected chi connectivity index (χ1v) is 6.83. The van der Waals surface area contributed by atoms with Gasteiger partial charge >= 0.3 is 5.97 Å². The van der Waals surface area contributed by atoms with Gasteiger partial charge in [0, 0.05) is 18.9 Å². The van der Waals surface area contributed by atoms with Crippen LogP contribution in [0.2, 0.25) is 0 Å². The minimum absolute atomic E-state index is 0.368. The summed E-state index contributed by atoms with van der Waals surface area (Å²) in [5.74, 6) is 0.110. The predicted molar refractivity (Wildman–Crippen MR) is 75.4 cm³/mol. The average Bonchev–Trinajstić information content (AvgIpc) is 2.48. The van der Waals surface area contributed by atoms with E-state index < -0.39 is 5.97 Å². The fourth-order valence-corrected chi connectivity index (χ4v) is 2.34. The van der Waals surface area contributed by atoms with Gasteiger partial charge in [-0.15, -0.1) is 0 Å². The van der Waals surface area contributed by atoms with Crippen LogP contribution in [0, 0.1) is 5.92 Å². The molecule has 1 aromatic carbocycles. The monoisotopic (exact) mass is 279 g/mol. The lowest BCUT2D eigenvalue weighted by atomic mass is 10.0. The lowest BCUT2D eigenvalue weighted by Gasteiger charge is -2.22. The van der Waals surface area contributed by atoms with Crippen molar-refractivity contribution >= 4 is 11.7 Å². The van der Waals surface area contributed by atoms with E-state index in [1.807, 2.05) is 12.1 Å². The van der Waals surface area contributed by atoms with Crippen LogP contribution in [0.1, 0.15) is 28.8 Å². The van der Waals surface area contributed by atoms with Gasteiger partial charge in [-0.2, -0.15) is 0 Å². The van der Waals surface area contributed by atoms with Crippen LogP contribution in [0.25, 0.3) is 0 Å². The number of hydrogen-bond donors (Lipinski definition) is 1. The van der Waals surface area contributed by atoms with Crippen molar-refractivity contribution in [2.75, 3.05) is 32.7 Å². The number of ether oxygens (including phenoxy) is 3. The molecular formula is C15H21NO4. The number of methoxy groups -OCH3 is 1. The lowest BCUT2D eigenvalue weighted by molar-refractivity contribution is 0.0154. The molecule has 0 spiro atoms. The van der Waals surface area contributed by atoms with Crippen molar-refractivity contribution in [3.63, 3.8) is 0 Å². The summed E-state index contributed by atoms with van der Waals surface area (Å²) in [7, 11) is 1.35. The van der Waals surface area contributed by atoms with Gasteiger partial charge in [-0.3, -0.25) is 0 Å². The van der Waals surface area contributed by atoms with Crippen LogP contribution in [0.15, 0.2) is 18.2 Å². The van der Waals surface area contributed by atoms with E-state index in [9.17, 15) is 4.79 Å². The van der Waals surface area contributed by atoms with Gasteiger partial charge in [-0.1, -0.05) is 12.1 Å². The van der Waals surface area contributed by atoms with Gasteiger partial charge in [0.05, 0.1) is 25.9 Å². The molecule has 110 valence electrons. The molecule has 0 atom stereocenters. The summed E-state index contributed by atoms with van der Waals surface area (Å²) in [4.78, 5) is 11.7. The minimum Gasteiger partial charge on any atom is -0.465 e. The third kappa shape index (κ3) is 3.71. The number of anilines is 1. The van der Waals surface area contributed by atoms with Crippen molar-refractivity contribution < 1.29 is 19.0 Å². The molecule has 1 aliphatic heterocycles. The van der Waals surface area contributed by atoms with E-state index in [1.165, 1.54) is 7.11 Å². The topological polar surface area (TPSA) is 70.8 Å². The van der Waals surface area contributed by atoms with Crippen LogP contribution >= 0.6 is 0 Å². The zero-order valence-corrected chi connectivity index (χ0v) is 11.8. The minimum atomic E-state index is -0.423. The molecule has 0 amide bonds. The average molecular weight is 279 g/mol. The Morgan fingerprint density at radius 1 is 1.40 bits per heavy atom. The van der Waals surface area contributed by atoms with E-state index in [2.05, 4.69) is 0 Å². The summed E-state index contributed by atoms with van der Waals surface area (Å²) in [5.41, 5.74) is 7.43. The number of carbonyl (C=O) groups is 1. The summed E-state index contributed by atoms with van der Waals surface area (Å²) in [6.45, 7) is 2.66. The summed E-state index contributed by atoms with van der Waals surface area (Å²) < 4.78 is 15.8. The molecule has 0 unspecified atom stereocenters. The van der Waals surface area contributed by atoms with Crippen LogP contribution in [-0.4, -0.2) is 32.9 Å². The maximum atomic E-state index is 11.7. The summed E-state index contributed by atoms with van der Waals surface area (Å²) in [6.07, 6.45) is 2.06. The third-order valence-corrected chi connectivity index (χ3v) is 3.52. The molecular weight excluding hydrogens is 258 g/mol. The van der Waals surface area contributed by atoms with E-state index in [0.717, 1.165) is 31.6 Å². The van der Waals surface area contributed by atoms with E-state index in [0.29, 0.717) is 30.4 Å². The Morgan fingerprint density at radius 2 is 2.15 bits per heavy atom. The summed E-state index contributed by atoms with van der Waals surface area (Å²) >= 11 is 0. The summed E-state index contributed by atoms with van der Waals surface area (Å²) in [5, 5.41) is 0. The van der Waals surface area contributed by atoms with E-state index >= 15 is 0 Å². The molecule has 0 aliphatic carbocycles. The van der Waals surface area contributed by atoms with Gasteiger partial charge < -0.3 is 19.9 Å². The largest absolute Gasteiger partial charge is 0.465 e. The maximum absolute atomic E-state index is 11.7. The lowest BCUT2D eigenvalue weighted by Crippen LogP contribution is -2.20. The molecule has 2 rings (SSSR count). The predicted octanol–water partition coefficient (Wildman–Crippen LogP) is 2.00. The molecule has 0 aromatic heterocycles. The Labute approximate surface area is 119 Å². The second-order valence-electron chi connectivity index (χ2n) is 4.94. The molecule has 1 heterocycles. The highest BCUT2D eigenvalue weighted by molar-refractivity contribution is 5.96. The number of nitrogen functional groups attached to an aromatic ring is 1. The zero-order valence-electron chi connectivity index (χ0n) is 11.8. The Hall–Kier alpha value is -1.59. The van der Waals surface area contributed by atoms with Crippen molar-refractivity contribution in [1.82, 2.24) is 0 Å². The molecule has 2 N–H and O–H groups in total. The van der Waals surface area contributed by atoms with Crippen molar-refractivity contribution in [3.8, 4) is 0 Å². The summed E-state index contributed by atoms with van der Waals surface area (Å²) in [6, 6.07) is 5.34. The van der Waals surface area contributed by atoms with Crippen LogP contribution in [0.3, 0.4) is 0 Å². The highest BCUT2D eigenvalue weighted by Crippen LogP contribution is 2.20. The molecule has 0 radical (unpaired) electrons. The third-order valence-electron chi connectivity index (χ3n) is 3.52. The van der Waals surface area contributed by atoms with Gasteiger partial charge in [0.1, 0.15) is 0 Å². The van der Waals surface area contributed by atoms with Crippen molar-refractivity contribution in [2.24, 2.45) is 5.92 Å². The number of esters is 1. The van der Waals surface area contributed by atoms with Gasteiger partial charge in [0.15, 0.2) is 0 Å². The van der Waals surface area contributed by atoms with Gasteiger partial charge in [-0.05, 0) is 30.4 Å². The van der Waals surface area contributed by atoms with E-state index in [4.69, 9.17) is 19.9 Å². The number of nitrogens with two attached hydrogens (primary N) is 1. The first-order chi connectivity index (χ1) is 9.72. The van der Waals surface area contributed by atoms with Crippen LogP contribution in [0.5, 0.6) is 0 Å². The molecule has 1 fully saturated rings. The fraction of sp³-hybridized carbons (Fsp3) is 0.533. The molecule has 0 saturated carbocycles. The number of benzene rings is 1. The molecule has 20 heavy (non-hydrogen) atoms. The van der Waals surface area contributed by atoms with Crippen LogP contribution in [-0.2, 0) is 20.8 Å².